The first-order chi connectivity index (χ1) is 12.3. The molecule has 0 bridgehead atoms. The van der Waals surface area contributed by atoms with E-state index in [9.17, 15) is 0 Å². The maximum Gasteiger partial charge on any atom is 0.128 e. The second kappa shape index (κ2) is 9.12. The second-order valence-corrected chi connectivity index (χ2v) is 7.63. The van der Waals surface area contributed by atoms with Crippen LogP contribution in [0.25, 0.3) is 0 Å². The first kappa shape index (κ1) is 18.1. The fourth-order valence-electron chi connectivity index (χ4n) is 4.03. The Hall–Kier alpha value is -1.70. The molecule has 3 rings (SSSR count). The minimum Gasteiger partial charge on any atom is -0.241 e. The minimum absolute atomic E-state index is 0.683. The van der Waals surface area contributed by atoms with E-state index in [1.807, 2.05) is 0 Å². The normalized spacial score (nSPS) is 20.6. The molecule has 0 saturated heterocycles. The van der Waals surface area contributed by atoms with Crippen LogP contribution in [-0.2, 0) is 19.3 Å². The molecule has 0 amide bonds. The van der Waals surface area contributed by atoms with E-state index in [4.69, 9.17) is 0 Å². The van der Waals surface area contributed by atoms with Gasteiger partial charge in [0.25, 0.3) is 0 Å². The van der Waals surface area contributed by atoms with E-state index in [0.29, 0.717) is 5.92 Å². The molecule has 25 heavy (non-hydrogen) atoms. The minimum atomic E-state index is 0.683. The lowest BCUT2D eigenvalue weighted by atomic mass is 9.78. The summed E-state index contributed by atoms with van der Waals surface area (Å²) < 4.78 is 0. The van der Waals surface area contributed by atoms with Gasteiger partial charge < -0.3 is 0 Å². The number of hydrogen-bond donors (Lipinski definition) is 0. The van der Waals surface area contributed by atoms with Crippen LogP contribution in [0.4, 0.5) is 0 Å². The lowest BCUT2D eigenvalue weighted by Crippen LogP contribution is -2.13. The van der Waals surface area contributed by atoms with Crippen LogP contribution in [0.3, 0.4) is 0 Å². The third kappa shape index (κ3) is 5.14. The highest BCUT2D eigenvalue weighted by atomic mass is 14.9. The first-order valence-electron chi connectivity index (χ1n) is 10.2. The fourth-order valence-corrected chi connectivity index (χ4v) is 4.03. The Labute approximate surface area is 153 Å². The van der Waals surface area contributed by atoms with Crippen molar-refractivity contribution < 1.29 is 0 Å². The lowest BCUT2D eigenvalue weighted by molar-refractivity contribution is 0.318. The third-order valence-corrected chi connectivity index (χ3v) is 5.82. The quantitative estimate of drug-likeness (QED) is 0.629. The summed E-state index contributed by atoms with van der Waals surface area (Å²) in [7, 11) is 0. The maximum absolute atomic E-state index is 4.64. The Balaban J connectivity index is 1.50. The summed E-state index contributed by atoms with van der Waals surface area (Å²) in [6.45, 7) is 4.55. The summed E-state index contributed by atoms with van der Waals surface area (Å²) in [6.07, 6.45) is 15.2. The van der Waals surface area contributed by atoms with Crippen molar-refractivity contribution in [2.45, 2.75) is 77.6 Å². The summed E-state index contributed by atoms with van der Waals surface area (Å²) in [5.74, 6) is 2.60. The zero-order valence-electron chi connectivity index (χ0n) is 15.9. The molecule has 134 valence electrons. The molecule has 1 fully saturated rings. The van der Waals surface area contributed by atoms with Crippen molar-refractivity contribution in [3.8, 4) is 0 Å². The number of rotatable bonds is 7. The zero-order chi connectivity index (χ0) is 17.5. The van der Waals surface area contributed by atoms with Gasteiger partial charge in [0.05, 0.1) is 0 Å². The molecule has 1 aromatic carbocycles. The molecule has 0 unspecified atom stereocenters. The predicted molar refractivity (Wildman–Crippen MR) is 105 cm³/mol. The average Bonchev–Trinajstić information content (AvgIpc) is 2.68. The monoisotopic (exact) mass is 336 g/mol. The molecule has 2 nitrogen and oxygen atoms in total. The zero-order valence-corrected chi connectivity index (χ0v) is 15.9. The van der Waals surface area contributed by atoms with E-state index < -0.39 is 0 Å². The van der Waals surface area contributed by atoms with Gasteiger partial charge in [-0.15, -0.1) is 0 Å². The standard InChI is InChI=1S/C23H32N2/c1-3-5-19-6-8-20(9-7-19)12-15-23-24-16-22(17-25-23)21-13-10-18(4-2)11-14-21/h6-9,16-18,21H,3-5,10-15H2,1-2H3/t18-,21-. The van der Waals surface area contributed by atoms with Gasteiger partial charge in [0, 0.05) is 18.8 Å². The van der Waals surface area contributed by atoms with Crippen LogP contribution in [-0.4, -0.2) is 9.97 Å². The van der Waals surface area contributed by atoms with Crippen molar-refractivity contribution in [1.82, 2.24) is 9.97 Å². The SMILES string of the molecule is CCCc1ccc(CCc2ncc([C@H]3CC[C@H](CC)CC3)cn2)cc1. The Morgan fingerprint density at radius 2 is 1.40 bits per heavy atom. The van der Waals surface area contributed by atoms with Crippen LogP contribution >= 0.6 is 0 Å². The van der Waals surface area contributed by atoms with Crippen LogP contribution in [0.2, 0.25) is 0 Å². The van der Waals surface area contributed by atoms with Crippen LogP contribution in [0.1, 0.15) is 80.8 Å². The predicted octanol–water partition coefficient (Wildman–Crippen LogP) is 5.90. The van der Waals surface area contributed by atoms with Crippen molar-refractivity contribution in [3.05, 3.63) is 59.2 Å². The topological polar surface area (TPSA) is 25.8 Å². The average molecular weight is 337 g/mol. The number of aryl methyl sites for hydroxylation is 3. The highest BCUT2D eigenvalue weighted by Crippen LogP contribution is 2.36. The smallest absolute Gasteiger partial charge is 0.128 e. The highest BCUT2D eigenvalue weighted by Gasteiger charge is 2.21. The number of aromatic nitrogens is 2. The summed E-state index contributed by atoms with van der Waals surface area (Å²) in [4.78, 5) is 9.29. The van der Waals surface area contributed by atoms with E-state index in [0.717, 1.165) is 24.6 Å². The molecule has 1 aromatic heterocycles. The van der Waals surface area contributed by atoms with E-state index >= 15 is 0 Å². The molecule has 0 radical (unpaired) electrons. The van der Waals surface area contributed by atoms with Gasteiger partial charge in [-0.25, -0.2) is 9.97 Å². The fraction of sp³-hybridized carbons (Fsp3) is 0.565. The van der Waals surface area contributed by atoms with Gasteiger partial charge in [-0.1, -0.05) is 51.0 Å². The summed E-state index contributed by atoms with van der Waals surface area (Å²) in [6, 6.07) is 9.03. The van der Waals surface area contributed by atoms with Crippen molar-refractivity contribution >= 4 is 0 Å². The van der Waals surface area contributed by atoms with Gasteiger partial charge in [0.15, 0.2) is 0 Å². The highest BCUT2D eigenvalue weighted by molar-refractivity contribution is 5.23. The van der Waals surface area contributed by atoms with Crippen molar-refractivity contribution in [2.75, 3.05) is 0 Å². The van der Waals surface area contributed by atoms with E-state index in [-0.39, 0.29) is 0 Å². The summed E-state index contributed by atoms with van der Waals surface area (Å²) >= 11 is 0. The Bertz CT molecular complexity index is 622. The molecule has 1 aliphatic carbocycles. The van der Waals surface area contributed by atoms with Gasteiger partial charge in [-0.3, -0.25) is 0 Å². The molecule has 0 spiro atoms. The van der Waals surface area contributed by atoms with Gasteiger partial charge in [-0.2, -0.15) is 0 Å². The van der Waals surface area contributed by atoms with E-state index in [2.05, 4.69) is 60.5 Å². The number of benzene rings is 1. The van der Waals surface area contributed by atoms with Crippen LogP contribution < -0.4 is 0 Å². The third-order valence-electron chi connectivity index (χ3n) is 5.82. The number of nitrogens with zero attached hydrogens (tertiary/aromatic N) is 2. The molecule has 1 heterocycles. The van der Waals surface area contributed by atoms with E-state index in [1.165, 1.54) is 61.6 Å². The molecule has 2 heteroatoms. The van der Waals surface area contributed by atoms with Crippen molar-refractivity contribution in [2.24, 2.45) is 5.92 Å². The van der Waals surface area contributed by atoms with E-state index in [1.54, 1.807) is 0 Å². The molecule has 2 aromatic rings. The summed E-state index contributed by atoms with van der Waals surface area (Å²) in [5.41, 5.74) is 4.16. The van der Waals surface area contributed by atoms with Crippen molar-refractivity contribution in [1.29, 1.82) is 0 Å². The second-order valence-electron chi connectivity index (χ2n) is 7.63. The Morgan fingerprint density at radius 3 is 1.96 bits per heavy atom. The Kier molecular flexibility index (Phi) is 6.61. The lowest BCUT2D eigenvalue weighted by Gasteiger charge is -2.27. The summed E-state index contributed by atoms with van der Waals surface area (Å²) in [5, 5.41) is 0. The molecule has 0 atom stereocenters. The maximum atomic E-state index is 4.64. The van der Waals surface area contributed by atoms with Gasteiger partial charge >= 0.3 is 0 Å². The first-order valence-corrected chi connectivity index (χ1v) is 10.2. The van der Waals surface area contributed by atoms with Crippen LogP contribution in [0, 0.1) is 5.92 Å². The largest absolute Gasteiger partial charge is 0.241 e. The van der Waals surface area contributed by atoms with Gasteiger partial charge in [0.2, 0.25) is 0 Å². The molecule has 0 N–H and O–H groups in total. The van der Waals surface area contributed by atoms with Gasteiger partial charge in [0.1, 0.15) is 5.82 Å². The Morgan fingerprint density at radius 1 is 0.800 bits per heavy atom. The van der Waals surface area contributed by atoms with Crippen molar-refractivity contribution in [3.63, 3.8) is 0 Å². The van der Waals surface area contributed by atoms with Crippen LogP contribution in [0.15, 0.2) is 36.7 Å². The molecule has 0 aliphatic heterocycles. The molecular formula is C23H32N2. The number of hydrogen-bond acceptors (Lipinski definition) is 2. The molecular weight excluding hydrogens is 304 g/mol. The van der Waals surface area contributed by atoms with Crippen LogP contribution in [0.5, 0.6) is 0 Å². The van der Waals surface area contributed by atoms with Gasteiger partial charge in [-0.05, 0) is 67.1 Å². The molecule has 1 saturated carbocycles. The molecule has 1 aliphatic rings.